The lowest BCUT2D eigenvalue weighted by molar-refractivity contribution is -0.131. The maximum Gasteiger partial charge on any atom is 0.331 e. The van der Waals surface area contributed by atoms with Crippen LogP contribution in [0.5, 0.6) is 0 Å². The molecule has 1 unspecified atom stereocenters. The van der Waals surface area contributed by atoms with Gasteiger partial charge in [-0.2, -0.15) is 11.8 Å². The molecule has 7 heteroatoms. The van der Waals surface area contributed by atoms with E-state index < -0.39 is 23.9 Å². The molecule has 0 aromatic heterocycles. The Morgan fingerprint density at radius 2 is 2.33 bits per heavy atom. The van der Waals surface area contributed by atoms with Gasteiger partial charge in [0.05, 0.1) is 6.04 Å². The van der Waals surface area contributed by atoms with Crippen LogP contribution in [0.15, 0.2) is 0 Å². The highest BCUT2D eigenvalue weighted by Gasteiger charge is 2.34. The van der Waals surface area contributed by atoms with Crippen molar-refractivity contribution >= 4 is 29.6 Å². The smallest absolute Gasteiger partial charge is 0.320 e. The topological polar surface area (TPSA) is 92.5 Å². The highest BCUT2D eigenvalue weighted by Crippen LogP contribution is 2.05. The van der Waals surface area contributed by atoms with Crippen molar-refractivity contribution in [2.24, 2.45) is 5.73 Å². The summed E-state index contributed by atoms with van der Waals surface area (Å²) in [4.78, 5) is 34.4. The predicted molar refractivity (Wildman–Crippen MR) is 56.2 cm³/mol. The van der Waals surface area contributed by atoms with Gasteiger partial charge in [-0.1, -0.05) is 0 Å². The number of imide groups is 2. The summed E-state index contributed by atoms with van der Waals surface area (Å²) in [5, 5.41) is 2.03. The van der Waals surface area contributed by atoms with Gasteiger partial charge in [-0.15, -0.1) is 0 Å². The van der Waals surface area contributed by atoms with Crippen LogP contribution in [-0.4, -0.2) is 47.3 Å². The molecule has 1 rings (SSSR count). The first-order valence-corrected chi connectivity index (χ1v) is 5.85. The number of hydrogen-bond donors (Lipinski definition) is 2. The molecule has 15 heavy (non-hydrogen) atoms. The number of carbonyl (C=O) groups is 3. The number of amides is 4. The first-order valence-electron chi connectivity index (χ1n) is 4.46. The Kier molecular flexibility index (Phi) is 4.10. The summed E-state index contributed by atoms with van der Waals surface area (Å²) in [7, 11) is 0. The van der Waals surface area contributed by atoms with Gasteiger partial charge in [0.25, 0.3) is 0 Å². The standard InChI is InChI=1S/C8H13N3O3S/c1-15-3-2-5(9)7(13)11-4-6(12)10-8(11)14/h5H,2-4,9H2,1H3,(H,10,12,14). The number of nitrogens with zero attached hydrogens (tertiary/aromatic N) is 1. The fourth-order valence-electron chi connectivity index (χ4n) is 1.19. The molecule has 0 bridgehead atoms. The molecule has 0 spiro atoms. The predicted octanol–water partition coefficient (Wildman–Crippen LogP) is -0.855. The average molecular weight is 231 g/mol. The molecular weight excluding hydrogens is 218 g/mol. The van der Waals surface area contributed by atoms with Gasteiger partial charge < -0.3 is 5.73 Å². The van der Waals surface area contributed by atoms with Gasteiger partial charge in [0.15, 0.2) is 0 Å². The van der Waals surface area contributed by atoms with Crippen LogP contribution in [0.25, 0.3) is 0 Å². The van der Waals surface area contributed by atoms with Crippen molar-refractivity contribution in [2.45, 2.75) is 12.5 Å². The highest BCUT2D eigenvalue weighted by molar-refractivity contribution is 7.98. The molecule has 0 radical (unpaired) electrons. The van der Waals surface area contributed by atoms with Crippen LogP contribution >= 0.6 is 11.8 Å². The molecule has 0 aliphatic carbocycles. The van der Waals surface area contributed by atoms with Gasteiger partial charge in [0.1, 0.15) is 6.54 Å². The van der Waals surface area contributed by atoms with E-state index in [2.05, 4.69) is 0 Å². The highest BCUT2D eigenvalue weighted by atomic mass is 32.2. The van der Waals surface area contributed by atoms with E-state index in [9.17, 15) is 14.4 Å². The van der Waals surface area contributed by atoms with E-state index in [4.69, 9.17) is 5.73 Å². The Morgan fingerprint density at radius 3 is 2.80 bits per heavy atom. The van der Waals surface area contributed by atoms with E-state index in [1.165, 1.54) is 0 Å². The first-order chi connectivity index (χ1) is 7.06. The Labute approximate surface area is 91.5 Å². The maximum atomic E-state index is 11.6. The second-order valence-corrected chi connectivity index (χ2v) is 4.15. The SMILES string of the molecule is CSCCC(N)C(=O)N1CC(=O)NC1=O. The second-order valence-electron chi connectivity index (χ2n) is 3.17. The minimum atomic E-state index is -0.714. The number of urea groups is 1. The molecule has 0 aromatic carbocycles. The molecule has 6 nitrogen and oxygen atoms in total. The number of rotatable bonds is 4. The van der Waals surface area contributed by atoms with Gasteiger partial charge in [-0.3, -0.25) is 19.8 Å². The molecule has 1 atom stereocenters. The van der Waals surface area contributed by atoms with E-state index >= 15 is 0 Å². The lowest BCUT2D eigenvalue weighted by Gasteiger charge is -2.16. The molecule has 84 valence electrons. The summed E-state index contributed by atoms with van der Waals surface area (Å²) in [5.41, 5.74) is 5.59. The van der Waals surface area contributed by atoms with E-state index in [1.807, 2.05) is 11.6 Å². The third-order valence-electron chi connectivity index (χ3n) is 2.01. The molecule has 4 amide bonds. The van der Waals surface area contributed by atoms with Gasteiger partial charge >= 0.3 is 6.03 Å². The molecular formula is C8H13N3O3S. The summed E-state index contributed by atoms with van der Waals surface area (Å²) < 4.78 is 0. The van der Waals surface area contributed by atoms with Crippen molar-refractivity contribution < 1.29 is 14.4 Å². The Morgan fingerprint density at radius 1 is 1.67 bits per heavy atom. The number of nitrogens with two attached hydrogens (primary N) is 1. The van der Waals surface area contributed by atoms with Crippen LogP contribution in [0.2, 0.25) is 0 Å². The largest absolute Gasteiger partial charge is 0.331 e. The van der Waals surface area contributed by atoms with Crippen LogP contribution < -0.4 is 11.1 Å². The number of nitrogens with one attached hydrogen (secondary N) is 1. The third kappa shape index (κ3) is 2.93. The Bertz CT molecular complexity index is 295. The van der Waals surface area contributed by atoms with Crippen LogP contribution in [-0.2, 0) is 9.59 Å². The summed E-state index contributed by atoms with van der Waals surface area (Å²) in [6, 6.07) is -1.39. The fraction of sp³-hybridized carbons (Fsp3) is 0.625. The molecule has 1 fully saturated rings. The van der Waals surface area contributed by atoms with Crippen LogP contribution in [0, 0.1) is 0 Å². The van der Waals surface area contributed by atoms with Gasteiger partial charge in [0.2, 0.25) is 11.8 Å². The third-order valence-corrected chi connectivity index (χ3v) is 2.65. The minimum Gasteiger partial charge on any atom is -0.320 e. The Balaban J connectivity index is 2.52. The fourth-order valence-corrected chi connectivity index (χ4v) is 1.68. The summed E-state index contributed by atoms with van der Waals surface area (Å²) in [5.74, 6) is -0.214. The Hall–Kier alpha value is -1.08. The monoisotopic (exact) mass is 231 g/mol. The second kappa shape index (κ2) is 5.13. The molecule has 0 saturated carbocycles. The lowest BCUT2D eigenvalue weighted by Crippen LogP contribution is -2.45. The van der Waals surface area contributed by atoms with Gasteiger partial charge in [-0.05, 0) is 18.4 Å². The zero-order valence-electron chi connectivity index (χ0n) is 8.36. The molecule has 1 saturated heterocycles. The molecule has 3 N–H and O–H groups in total. The zero-order chi connectivity index (χ0) is 11.4. The van der Waals surface area contributed by atoms with Crippen LogP contribution in [0.3, 0.4) is 0 Å². The number of carbonyl (C=O) groups excluding carboxylic acids is 3. The van der Waals surface area contributed by atoms with Crippen molar-refractivity contribution in [2.75, 3.05) is 18.6 Å². The van der Waals surface area contributed by atoms with Crippen molar-refractivity contribution in [1.82, 2.24) is 10.2 Å². The maximum absolute atomic E-state index is 11.6. The van der Waals surface area contributed by atoms with E-state index in [-0.39, 0.29) is 6.54 Å². The average Bonchev–Trinajstić information content (AvgIpc) is 2.53. The summed E-state index contributed by atoms with van der Waals surface area (Å²) in [6.07, 6.45) is 2.40. The van der Waals surface area contributed by atoms with Gasteiger partial charge in [0, 0.05) is 0 Å². The van der Waals surface area contributed by atoms with Crippen LogP contribution in [0.1, 0.15) is 6.42 Å². The number of thioether (sulfide) groups is 1. The molecule has 1 heterocycles. The molecule has 0 aromatic rings. The number of hydrogen-bond acceptors (Lipinski definition) is 5. The van der Waals surface area contributed by atoms with E-state index in [0.717, 1.165) is 10.7 Å². The summed E-state index contributed by atoms with van der Waals surface area (Å²) >= 11 is 1.57. The quantitative estimate of drug-likeness (QED) is 0.614. The summed E-state index contributed by atoms with van der Waals surface area (Å²) in [6.45, 7) is -0.218. The van der Waals surface area contributed by atoms with E-state index in [0.29, 0.717) is 6.42 Å². The molecule has 1 aliphatic heterocycles. The van der Waals surface area contributed by atoms with Crippen molar-refractivity contribution in [1.29, 1.82) is 0 Å². The van der Waals surface area contributed by atoms with Gasteiger partial charge in [-0.25, -0.2) is 4.79 Å². The lowest BCUT2D eigenvalue weighted by atomic mass is 10.2. The van der Waals surface area contributed by atoms with Crippen molar-refractivity contribution in [3.63, 3.8) is 0 Å². The minimum absolute atomic E-state index is 0.218. The first kappa shape index (κ1) is 12.0. The normalized spacial score (nSPS) is 17.9. The van der Waals surface area contributed by atoms with Crippen molar-refractivity contribution in [3.8, 4) is 0 Å². The zero-order valence-corrected chi connectivity index (χ0v) is 9.17. The molecule has 1 aliphatic rings. The van der Waals surface area contributed by atoms with E-state index in [1.54, 1.807) is 11.8 Å². The van der Waals surface area contributed by atoms with Crippen LogP contribution in [0.4, 0.5) is 4.79 Å². The van der Waals surface area contributed by atoms with Crippen molar-refractivity contribution in [3.05, 3.63) is 0 Å².